The summed E-state index contributed by atoms with van der Waals surface area (Å²) in [4.78, 5) is 4.05. The van der Waals surface area contributed by atoms with Gasteiger partial charge in [-0.25, -0.2) is 4.39 Å². The molecule has 0 bridgehead atoms. The second kappa shape index (κ2) is 6.54. The van der Waals surface area contributed by atoms with E-state index in [2.05, 4.69) is 47.0 Å². The van der Waals surface area contributed by atoms with Crippen molar-refractivity contribution in [3.63, 3.8) is 0 Å². The summed E-state index contributed by atoms with van der Waals surface area (Å²) in [5, 5.41) is 3.33. The molecule has 0 fully saturated rings. The molecule has 0 aliphatic carbocycles. The van der Waals surface area contributed by atoms with Gasteiger partial charge in [0.15, 0.2) is 0 Å². The highest BCUT2D eigenvalue weighted by molar-refractivity contribution is 9.10. The van der Waals surface area contributed by atoms with Crippen molar-refractivity contribution in [2.24, 2.45) is 0 Å². The number of rotatable bonds is 4. The van der Waals surface area contributed by atoms with Crippen molar-refractivity contribution in [3.8, 4) is 11.5 Å². The molecule has 0 unspecified atom stereocenters. The molecule has 0 aliphatic rings. The van der Waals surface area contributed by atoms with Crippen LogP contribution in [0.4, 0.5) is 4.39 Å². The number of nitrogens with zero attached hydrogens (tertiary/aromatic N) is 1. The summed E-state index contributed by atoms with van der Waals surface area (Å²) in [5.41, 5.74) is 0.714. The summed E-state index contributed by atoms with van der Waals surface area (Å²) >= 11 is 3.35. The fourth-order valence-electron chi connectivity index (χ4n) is 1.72. The summed E-state index contributed by atoms with van der Waals surface area (Å²) in [6.45, 7) is 6.71. The molecule has 2 aromatic rings. The molecule has 3 nitrogen and oxygen atoms in total. The number of pyridine rings is 1. The van der Waals surface area contributed by atoms with E-state index in [0.29, 0.717) is 18.0 Å². The number of nitrogens with one attached hydrogen (secondary N) is 1. The van der Waals surface area contributed by atoms with Crippen LogP contribution in [0.5, 0.6) is 11.5 Å². The van der Waals surface area contributed by atoms with Gasteiger partial charge in [-0.15, -0.1) is 0 Å². The van der Waals surface area contributed by atoms with E-state index in [1.54, 1.807) is 18.5 Å². The first-order chi connectivity index (χ1) is 9.83. The summed E-state index contributed by atoms with van der Waals surface area (Å²) in [5.74, 6) is 0.946. The minimum absolute atomic E-state index is 0.0546. The van der Waals surface area contributed by atoms with Gasteiger partial charge in [-0.05, 0) is 61.0 Å². The van der Waals surface area contributed by atoms with Crippen molar-refractivity contribution in [1.82, 2.24) is 10.3 Å². The second-order valence-corrected chi connectivity index (χ2v) is 6.71. The maximum absolute atomic E-state index is 13.5. The molecule has 0 radical (unpaired) electrons. The Kier molecular flexibility index (Phi) is 4.96. The average molecular weight is 353 g/mol. The van der Waals surface area contributed by atoms with E-state index in [-0.39, 0.29) is 11.4 Å². The number of hydrogen-bond acceptors (Lipinski definition) is 3. The number of ether oxygens (including phenoxy) is 1. The van der Waals surface area contributed by atoms with E-state index in [0.717, 1.165) is 10.0 Å². The SMILES string of the molecule is CC(C)(C)NCc1cc(F)ccc1Oc1cncc(Br)c1. The van der Waals surface area contributed by atoms with Gasteiger partial charge in [0.2, 0.25) is 0 Å². The van der Waals surface area contributed by atoms with E-state index in [1.807, 2.05) is 6.07 Å². The maximum atomic E-state index is 13.5. The van der Waals surface area contributed by atoms with Crippen molar-refractivity contribution in [2.75, 3.05) is 0 Å². The van der Waals surface area contributed by atoms with Crippen LogP contribution >= 0.6 is 15.9 Å². The number of hydrogen-bond donors (Lipinski definition) is 1. The Morgan fingerprint density at radius 1 is 1.24 bits per heavy atom. The standard InChI is InChI=1S/C16H18BrFN2O/c1-16(2,3)20-8-11-6-13(18)4-5-15(11)21-14-7-12(17)9-19-10-14/h4-7,9-10,20H,8H2,1-3H3. The summed E-state index contributed by atoms with van der Waals surface area (Å²) in [7, 11) is 0. The zero-order valence-corrected chi connectivity index (χ0v) is 13.9. The van der Waals surface area contributed by atoms with Gasteiger partial charge in [0.1, 0.15) is 17.3 Å². The predicted molar refractivity (Wildman–Crippen MR) is 85.0 cm³/mol. The highest BCUT2D eigenvalue weighted by atomic mass is 79.9. The first kappa shape index (κ1) is 15.9. The van der Waals surface area contributed by atoms with Crippen LogP contribution < -0.4 is 10.1 Å². The van der Waals surface area contributed by atoms with E-state index < -0.39 is 0 Å². The Bertz CT molecular complexity index is 626. The molecule has 0 spiro atoms. The molecular weight excluding hydrogens is 335 g/mol. The topological polar surface area (TPSA) is 34.1 Å². The Morgan fingerprint density at radius 2 is 2.00 bits per heavy atom. The molecule has 0 saturated carbocycles. The van der Waals surface area contributed by atoms with Crippen molar-refractivity contribution in [2.45, 2.75) is 32.9 Å². The maximum Gasteiger partial charge on any atom is 0.146 e. The summed E-state index contributed by atoms with van der Waals surface area (Å²) < 4.78 is 20.1. The second-order valence-electron chi connectivity index (χ2n) is 5.80. The Hall–Kier alpha value is -1.46. The van der Waals surface area contributed by atoms with Crippen molar-refractivity contribution in [3.05, 3.63) is 52.5 Å². The number of aromatic nitrogens is 1. The predicted octanol–water partition coefficient (Wildman–Crippen LogP) is 4.66. The molecular formula is C16H18BrFN2O. The molecule has 1 heterocycles. The van der Waals surface area contributed by atoms with Crippen molar-refractivity contribution in [1.29, 1.82) is 0 Å². The lowest BCUT2D eigenvalue weighted by atomic mass is 10.1. The third-order valence-electron chi connectivity index (χ3n) is 2.74. The summed E-state index contributed by atoms with van der Waals surface area (Å²) in [6.07, 6.45) is 3.30. The third kappa shape index (κ3) is 5.10. The van der Waals surface area contributed by atoms with Crippen LogP contribution in [0.3, 0.4) is 0 Å². The van der Waals surface area contributed by atoms with E-state index >= 15 is 0 Å². The quantitative estimate of drug-likeness (QED) is 0.868. The fourth-order valence-corrected chi connectivity index (χ4v) is 2.07. The van der Waals surface area contributed by atoms with Gasteiger partial charge >= 0.3 is 0 Å². The Morgan fingerprint density at radius 3 is 2.67 bits per heavy atom. The lowest BCUT2D eigenvalue weighted by Crippen LogP contribution is -2.35. The zero-order chi connectivity index (χ0) is 15.5. The average Bonchev–Trinajstić information content (AvgIpc) is 2.38. The lowest BCUT2D eigenvalue weighted by molar-refractivity contribution is 0.412. The van der Waals surface area contributed by atoms with Gasteiger partial charge < -0.3 is 10.1 Å². The van der Waals surface area contributed by atoms with Crippen molar-refractivity contribution < 1.29 is 9.13 Å². The van der Waals surface area contributed by atoms with E-state index in [9.17, 15) is 4.39 Å². The number of benzene rings is 1. The molecule has 21 heavy (non-hydrogen) atoms. The molecule has 0 amide bonds. The van der Waals surface area contributed by atoms with Crippen LogP contribution in [0.15, 0.2) is 41.1 Å². The van der Waals surface area contributed by atoms with Crippen LogP contribution in [0.25, 0.3) is 0 Å². The van der Waals surface area contributed by atoms with Crippen LogP contribution in [-0.2, 0) is 6.54 Å². The van der Waals surface area contributed by atoms with Gasteiger partial charge in [0, 0.05) is 28.3 Å². The molecule has 0 atom stereocenters. The minimum atomic E-state index is -0.277. The highest BCUT2D eigenvalue weighted by Crippen LogP contribution is 2.27. The highest BCUT2D eigenvalue weighted by Gasteiger charge is 2.12. The number of halogens is 2. The molecule has 0 saturated heterocycles. The molecule has 112 valence electrons. The Labute approximate surface area is 132 Å². The smallest absolute Gasteiger partial charge is 0.146 e. The van der Waals surface area contributed by atoms with E-state index in [1.165, 1.54) is 12.1 Å². The molecule has 2 rings (SSSR count). The van der Waals surface area contributed by atoms with Gasteiger partial charge in [-0.1, -0.05) is 0 Å². The zero-order valence-electron chi connectivity index (χ0n) is 12.3. The normalized spacial score (nSPS) is 11.5. The van der Waals surface area contributed by atoms with Gasteiger partial charge in [0.25, 0.3) is 0 Å². The third-order valence-corrected chi connectivity index (χ3v) is 3.17. The largest absolute Gasteiger partial charge is 0.455 e. The van der Waals surface area contributed by atoms with Crippen LogP contribution in [0.1, 0.15) is 26.3 Å². The van der Waals surface area contributed by atoms with Gasteiger partial charge in [-0.3, -0.25) is 4.98 Å². The molecule has 1 aromatic heterocycles. The van der Waals surface area contributed by atoms with Crippen molar-refractivity contribution >= 4 is 15.9 Å². The van der Waals surface area contributed by atoms with Gasteiger partial charge in [0.05, 0.1) is 6.20 Å². The van der Waals surface area contributed by atoms with Crippen LogP contribution in [0.2, 0.25) is 0 Å². The van der Waals surface area contributed by atoms with Gasteiger partial charge in [-0.2, -0.15) is 0 Å². The first-order valence-corrected chi connectivity index (χ1v) is 7.45. The molecule has 0 aliphatic heterocycles. The lowest BCUT2D eigenvalue weighted by Gasteiger charge is -2.21. The van der Waals surface area contributed by atoms with E-state index in [4.69, 9.17) is 4.74 Å². The molecule has 1 N–H and O–H groups in total. The van der Waals surface area contributed by atoms with Crippen LogP contribution in [0, 0.1) is 5.82 Å². The minimum Gasteiger partial charge on any atom is -0.455 e. The first-order valence-electron chi connectivity index (χ1n) is 6.65. The summed E-state index contributed by atoms with van der Waals surface area (Å²) in [6, 6.07) is 6.33. The molecule has 5 heteroatoms. The fraction of sp³-hybridized carbons (Fsp3) is 0.312. The Balaban J connectivity index is 2.22. The molecule has 1 aromatic carbocycles. The monoisotopic (exact) mass is 352 g/mol. The van der Waals surface area contributed by atoms with Crippen LogP contribution in [-0.4, -0.2) is 10.5 Å².